The summed E-state index contributed by atoms with van der Waals surface area (Å²) < 4.78 is 5.36. The maximum Gasteiger partial charge on any atom is 0.311 e. The summed E-state index contributed by atoms with van der Waals surface area (Å²) in [6.07, 6.45) is 1.34. The van der Waals surface area contributed by atoms with E-state index in [1.807, 2.05) is 18.2 Å². The molecule has 2 aliphatic rings. The summed E-state index contributed by atoms with van der Waals surface area (Å²) in [5, 5.41) is 9.34. The minimum Gasteiger partial charge on any atom is -0.481 e. The van der Waals surface area contributed by atoms with Crippen molar-refractivity contribution in [2.24, 2.45) is 5.41 Å². The lowest BCUT2D eigenvalue weighted by molar-refractivity contribution is -0.150. The van der Waals surface area contributed by atoms with Crippen LogP contribution in [0.4, 0.5) is 0 Å². The van der Waals surface area contributed by atoms with Gasteiger partial charge in [0.25, 0.3) is 5.91 Å². The predicted molar refractivity (Wildman–Crippen MR) is 75.8 cm³/mol. The van der Waals surface area contributed by atoms with Crippen LogP contribution in [0.3, 0.4) is 0 Å². The molecule has 1 saturated heterocycles. The Labute approximate surface area is 123 Å². The number of hydrogen-bond donors (Lipinski definition) is 1. The Morgan fingerprint density at radius 1 is 1.29 bits per heavy atom. The molecular formula is C16H19NO4. The first-order chi connectivity index (χ1) is 9.99. The number of amides is 1. The highest BCUT2D eigenvalue weighted by Crippen LogP contribution is 2.31. The average Bonchev–Trinajstić information content (AvgIpc) is 2.93. The quantitative estimate of drug-likeness (QED) is 0.904. The molecule has 5 nitrogen and oxygen atoms in total. The van der Waals surface area contributed by atoms with Crippen molar-refractivity contribution < 1.29 is 19.4 Å². The van der Waals surface area contributed by atoms with Crippen LogP contribution in [0.1, 0.15) is 41.3 Å². The Bertz CT molecular complexity index is 598. The van der Waals surface area contributed by atoms with Crippen LogP contribution < -0.4 is 0 Å². The lowest BCUT2D eigenvalue weighted by Crippen LogP contribution is -2.48. The third-order valence-corrected chi connectivity index (χ3v) is 4.47. The fourth-order valence-electron chi connectivity index (χ4n) is 3.08. The van der Waals surface area contributed by atoms with Gasteiger partial charge in [-0.1, -0.05) is 6.07 Å². The summed E-state index contributed by atoms with van der Waals surface area (Å²) >= 11 is 0. The van der Waals surface area contributed by atoms with E-state index >= 15 is 0 Å². The number of carbonyl (C=O) groups is 2. The lowest BCUT2D eigenvalue weighted by atomic mass is 9.82. The van der Waals surface area contributed by atoms with Gasteiger partial charge < -0.3 is 14.7 Å². The second kappa shape index (κ2) is 5.15. The van der Waals surface area contributed by atoms with E-state index in [1.54, 1.807) is 11.8 Å². The summed E-state index contributed by atoms with van der Waals surface area (Å²) in [5.41, 5.74) is 1.96. The number of carboxylic acid groups (broad SMARTS) is 1. The number of benzene rings is 1. The molecule has 0 aromatic heterocycles. The van der Waals surface area contributed by atoms with E-state index < -0.39 is 11.4 Å². The van der Waals surface area contributed by atoms with Crippen molar-refractivity contribution in [3.63, 3.8) is 0 Å². The van der Waals surface area contributed by atoms with Crippen molar-refractivity contribution in [3.05, 3.63) is 34.9 Å². The molecule has 0 spiro atoms. The number of nitrogens with zero attached hydrogens (tertiary/aromatic N) is 1. The molecule has 1 atom stereocenters. The second-order valence-electron chi connectivity index (χ2n) is 6.17. The monoisotopic (exact) mass is 289 g/mol. The Morgan fingerprint density at radius 3 is 2.81 bits per heavy atom. The van der Waals surface area contributed by atoms with Gasteiger partial charge in [0.2, 0.25) is 0 Å². The standard InChI is InChI=1S/C16H19NO4/c1-16(15(19)20)5-2-6-17(10-16)14(18)11-3-4-12-8-21-9-13(12)7-11/h3-4,7H,2,5-6,8-10H2,1H3,(H,19,20). The van der Waals surface area contributed by atoms with Crippen molar-refractivity contribution in [1.82, 2.24) is 4.90 Å². The predicted octanol–water partition coefficient (Wildman–Crippen LogP) is 2.04. The highest BCUT2D eigenvalue weighted by Gasteiger charge is 2.39. The van der Waals surface area contributed by atoms with Gasteiger partial charge in [-0.2, -0.15) is 0 Å². The van der Waals surface area contributed by atoms with E-state index in [-0.39, 0.29) is 12.5 Å². The van der Waals surface area contributed by atoms with Crippen molar-refractivity contribution in [3.8, 4) is 0 Å². The van der Waals surface area contributed by atoms with Crippen LogP contribution in [0.15, 0.2) is 18.2 Å². The minimum absolute atomic E-state index is 0.0862. The zero-order valence-corrected chi connectivity index (χ0v) is 12.1. The number of carbonyl (C=O) groups excluding carboxylic acids is 1. The molecule has 112 valence electrons. The van der Waals surface area contributed by atoms with Gasteiger partial charge in [0, 0.05) is 18.7 Å². The molecule has 0 radical (unpaired) electrons. The number of piperidine rings is 1. The SMILES string of the molecule is CC1(C(=O)O)CCCN(C(=O)c2ccc3c(c2)COC3)C1. The molecular weight excluding hydrogens is 270 g/mol. The van der Waals surface area contributed by atoms with Crippen molar-refractivity contribution in [2.45, 2.75) is 33.0 Å². The van der Waals surface area contributed by atoms with E-state index in [9.17, 15) is 14.7 Å². The maximum absolute atomic E-state index is 12.6. The highest BCUT2D eigenvalue weighted by molar-refractivity contribution is 5.95. The van der Waals surface area contributed by atoms with Crippen molar-refractivity contribution in [2.75, 3.05) is 13.1 Å². The molecule has 0 aliphatic carbocycles. The normalized spacial score (nSPS) is 24.7. The third kappa shape index (κ3) is 2.53. The Hall–Kier alpha value is -1.88. The largest absolute Gasteiger partial charge is 0.481 e. The van der Waals surface area contributed by atoms with Crippen LogP contribution in [0.5, 0.6) is 0 Å². The fourth-order valence-corrected chi connectivity index (χ4v) is 3.08. The summed E-state index contributed by atoms with van der Waals surface area (Å²) in [6, 6.07) is 5.61. The van der Waals surface area contributed by atoms with Crippen LogP contribution in [0, 0.1) is 5.41 Å². The number of likely N-dealkylation sites (tertiary alicyclic amines) is 1. The average molecular weight is 289 g/mol. The number of fused-ring (bicyclic) bond motifs is 1. The van der Waals surface area contributed by atoms with E-state index in [4.69, 9.17) is 4.74 Å². The molecule has 0 saturated carbocycles. The summed E-state index contributed by atoms with van der Waals surface area (Å²) in [4.78, 5) is 25.6. The molecule has 1 amide bonds. The van der Waals surface area contributed by atoms with E-state index in [2.05, 4.69) is 0 Å². The molecule has 1 N–H and O–H groups in total. The van der Waals surface area contributed by atoms with Crippen LogP contribution in [-0.2, 0) is 22.7 Å². The maximum atomic E-state index is 12.6. The van der Waals surface area contributed by atoms with Gasteiger partial charge in [-0.05, 0) is 43.0 Å². The zero-order valence-electron chi connectivity index (χ0n) is 12.1. The zero-order chi connectivity index (χ0) is 15.0. The van der Waals surface area contributed by atoms with Crippen LogP contribution in [-0.4, -0.2) is 35.0 Å². The topological polar surface area (TPSA) is 66.8 Å². The number of rotatable bonds is 2. The first kappa shape index (κ1) is 14.1. The number of ether oxygens (including phenoxy) is 1. The summed E-state index contributed by atoms with van der Waals surface area (Å²) in [6.45, 7) is 3.75. The fraction of sp³-hybridized carbons (Fsp3) is 0.500. The highest BCUT2D eigenvalue weighted by atomic mass is 16.5. The summed E-state index contributed by atoms with van der Waals surface area (Å²) in [7, 11) is 0. The van der Waals surface area contributed by atoms with Gasteiger partial charge in [-0.3, -0.25) is 9.59 Å². The van der Waals surface area contributed by atoms with Gasteiger partial charge in [-0.15, -0.1) is 0 Å². The molecule has 1 aromatic carbocycles. The molecule has 0 bridgehead atoms. The number of carboxylic acids is 1. The molecule has 3 rings (SSSR count). The van der Waals surface area contributed by atoms with Crippen molar-refractivity contribution >= 4 is 11.9 Å². The van der Waals surface area contributed by atoms with Gasteiger partial charge in [0.1, 0.15) is 0 Å². The molecule has 5 heteroatoms. The Kier molecular flexibility index (Phi) is 3.45. The second-order valence-corrected chi connectivity index (χ2v) is 6.17. The van der Waals surface area contributed by atoms with Gasteiger partial charge >= 0.3 is 5.97 Å². The van der Waals surface area contributed by atoms with E-state index in [1.165, 1.54) is 0 Å². The van der Waals surface area contributed by atoms with E-state index in [0.717, 1.165) is 17.5 Å². The first-order valence-electron chi connectivity index (χ1n) is 7.22. The van der Waals surface area contributed by atoms with Gasteiger partial charge in [0.15, 0.2) is 0 Å². The van der Waals surface area contributed by atoms with Crippen LogP contribution >= 0.6 is 0 Å². The molecule has 1 unspecified atom stereocenters. The van der Waals surface area contributed by atoms with Gasteiger partial charge in [0.05, 0.1) is 18.6 Å². The Balaban J connectivity index is 1.80. The Morgan fingerprint density at radius 2 is 2.05 bits per heavy atom. The van der Waals surface area contributed by atoms with Crippen LogP contribution in [0.2, 0.25) is 0 Å². The summed E-state index contributed by atoms with van der Waals surface area (Å²) in [5.74, 6) is -0.917. The van der Waals surface area contributed by atoms with Crippen molar-refractivity contribution in [1.29, 1.82) is 0 Å². The lowest BCUT2D eigenvalue weighted by Gasteiger charge is -2.37. The van der Waals surface area contributed by atoms with E-state index in [0.29, 0.717) is 31.7 Å². The smallest absolute Gasteiger partial charge is 0.311 e. The number of hydrogen-bond acceptors (Lipinski definition) is 3. The molecule has 1 fully saturated rings. The third-order valence-electron chi connectivity index (χ3n) is 4.47. The van der Waals surface area contributed by atoms with Gasteiger partial charge in [-0.25, -0.2) is 0 Å². The number of aliphatic carboxylic acids is 1. The van der Waals surface area contributed by atoms with Crippen LogP contribution in [0.25, 0.3) is 0 Å². The minimum atomic E-state index is -0.840. The molecule has 1 aromatic rings. The molecule has 2 heterocycles. The molecule has 21 heavy (non-hydrogen) atoms. The first-order valence-corrected chi connectivity index (χ1v) is 7.22. The molecule has 2 aliphatic heterocycles.